The Kier molecular flexibility index (Phi) is 58.4. The number of aliphatic hydroxyl groups is 5. The molecule has 1 amide bonds. The average Bonchev–Trinajstić information content (AvgIpc) is 3.48. The standard InChI is InChI=1S/C71H137NO10/c1-3-5-7-9-11-13-14-15-16-17-30-33-36-39-43-47-51-55-59-67(76)80-60-56-52-48-44-40-37-34-31-28-26-24-22-20-18-19-21-23-25-27-29-32-35-38-42-46-50-54-58-66(75)72-63(64(74)57-53-49-45-41-12-10-8-6-4-2)62-81-71-70(79)69(78)68(77)65(61-73)82-71/h53,57,63-65,68-71,73-74,77-79H,3-52,54-56,58-62H2,1-2H3,(H,72,75)/b57-53+. The molecule has 0 radical (unpaired) electrons. The van der Waals surface area contributed by atoms with Crippen molar-refractivity contribution in [1.82, 2.24) is 5.32 Å². The number of allylic oxidation sites excluding steroid dienone is 1. The van der Waals surface area contributed by atoms with E-state index < -0.39 is 49.5 Å². The lowest BCUT2D eigenvalue weighted by atomic mass is 9.99. The number of rotatable bonds is 64. The van der Waals surface area contributed by atoms with Gasteiger partial charge in [-0.15, -0.1) is 0 Å². The number of unbranched alkanes of at least 4 members (excludes halogenated alkanes) is 50. The lowest BCUT2D eigenvalue weighted by molar-refractivity contribution is -0.302. The van der Waals surface area contributed by atoms with E-state index in [9.17, 15) is 35.1 Å². The van der Waals surface area contributed by atoms with Gasteiger partial charge in [0.05, 0.1) is 32.0 Å². The van der Waals surface area contributed by atoms with E-state index in [1.807, 2.05) is 6.08 Å². The molecule has 0 saturated carbocycles. The number of hydrogen-bond acceptors (Lipinski definition) is 10. The molecule has 1 aliphatic heterocycles. The van der Waals surface area contributed by atoms with E-state index in [1.54, 1.807) is 6.08 Å². The van der Waals surface area contributed by atoms with Crippen molar-refractivity contribution in [2.45, 2.75) is 410 Å². The summed E-state index contributed by atoms with van der Waals surface area (Å²) in [5.41, 5.74) is 0. The Morgan fingerprint density at radius 3 is 1.13 bits per heavy atom. The second kappa shape index (κ2) is 61.1. The number of aliphatic hydroxyl groups excluding tert-OH is 5. The van der Waals surface area contributed by atoms with Crippen LogP contribution in [-0.2, 0) is 23.8 Å². The molecule has 11 nitrogen and oxygen atoms in total. The summed E-state index contributed by atoms with van der Waals surface area (Å²) in [6.45, 7) is 4.36. The highest BCUT2D eigenvalue weighted by atomic mass is 16.7. The Morgan fingerprint density at radius 2 is 0.768 bits per heavy atom. The van der Waals surface area contributed by atoms with Crippen molar-refractivity contribution in [3.63, 3.8) is 0 Å². The Bertz CT molecular complexity index is 1370. The molecule has 1 saturated heterocycles. The van der Waals surface area contributed by atoms with Gasteiger partial charge in [0.1, 0.15) is 24.4 Å². The van der Waals surface area contributed by atoms with Gasteiger partial charge in [-0.25, -0.2) is 0 Å². The third-order valence-electron chi connectivity index (χ3n) is 17.4. The largest absolute Gasteiger partial charge is 0.466 e. The predicted octanol–water partition coefficient (Wildman–Crippen LogP) is 18.2. The molecule has 7 atom stereocenters. The zero-order valence-corrected chi connectivity index (χ0v) is 54.0. The summed E-state index contributed by atoms with van der Waals surface area (Å²) in [5, 5.41) is 54.3. The molecule has 7 unspecified atom stereocenters. The maximum atomic E-state index is 13.0. The van der Waals surface area contributed by atoms with Crippen molar-refractivity contribution >= 4 is 11.9 Å². The second-order valence-corrected chi connectivity index (χ2v) is 25.3. The average molecular weight is 1160 g/mol. The van der Waals surface area contributed by atoms with Crippen molar-refractivity contribution < 1.29 is 49.3 Å². The molecule has 1 fully saturated rings. The van der Waals surface area contributed by atoms with Crippen LogP contribution >= 0.6 is 0 Å². The fraction of sp³-hybridized carbons (Fsp3) is 0.944. The fourth-order valence-electron chi connectivity index (χ4n) is 11.7. The van der Waals surface area contributed by atoms with Gasteiger partial charge >= 0.3 is 5.97 Å². The maximum absolute atomic E-state index is 13.0. The summed E-state index contributed by atoms with van der Waals surface area (Å²) in [6, 6.07) is -0.806. The van der Waals surface area contributed by atoms with Crippen molar-refractivity contribution in [1.29, 1.82) is 0 Å². The molecule has 6 N–H and O–H groups in total. The van der Waals surface area contributed by atoms with Crippen LogP contribution in [0.4, 0.5) is 0 Å². The molecule has 1 aliphatic rings. The van der Waals surface area contributed by atoms with E-state index in [4.69, 9.17) is 14.2 Å². The maximum Gasteiger partial charge on any atom is 0.305 e. The molecular weight excluding hydrogens is 1030 g/mol. The first-order valence-electron chi connectivity index (χ1n) is 36.0. The minimum absolute atomic E-state index is 0.0138. The Morgan fingerprint density at radius 1 is 0.439 bits per heavy atom. The lowest BCUT2D eigenvalue weighted by Crippen LogP contribution is -2.60. The highest BCUT2D eigenvalue weighted by Gasteiger charge is 2.44. The number of amides is 1. The highest BCUT2D eigenvalue weighted by Crippen LogP contribution is 2.24. The summed E-state index contributed by atoms with van der Waals surface area (Å²) >= 11 is 0. The summed E-state index contributed by atoms with van der Waals surface area (Å²) < 4.78 is 16.7. The van der Waals surface area contributed by atoms with Crippen LogP contribution in [0.25, 0.3) is 0 Å². The van der Waals surface area contributed by atoms with E-state index in [0.717, 1.165) is 51.4 Å². The monoisotopic (exact) mass is 1160 g/mol. The van der Waals surface area contributed by atoms with Gasteiger partial charge in [0.25, 0.3) is 0 Å². The first-order valence-corrected chi connectivity index (χ1v) is 36.0. The molecular formula is C71H137NO10. The number of ether oxygens (including phenoxy) is 3. The number of esters is 1. The fourth-order valence-corrected chi connectivity index (χ4v) is 11.7. The van der Waals surface area contributed by atoms with Gasteiger partial charge in [0, 0.05) is 12.8 Å². The molecule has 0 aromatic rings. The van der Waals surface area contributed by atoms with E-state index in [-0.39, 0.29) is 18.5 Å². The summed E-state index contributed by atoms with van der Waals surface area (Å²) in [5.74, 6) is -0.165. The van der Waals surface area contributed by atoms with Crippen LogP contribution in [0.3, 0.4) is 0 Å². The predicted molar refractivity (Wildman–Crippen MR) is 343 cm³/mol. The number of carbonyl (C=O) groups excluding carboxylic acids is 2. The summed E-state index contributed by atoms with van der Waals surface area (Å²) in [4.78, 5) is 25.1. The molecule has 0 spiro atoms. The molecule has 0 aromatic carbocycles. The third kappa shape index (κ3) is 49.5. The molecule has 0 bridgehead atoms. The van der Waals surface area contributed by atoms with Crippen LogP contribution in [0, 0.1) is 0 Å². The van der Waals surface area contributed by atoms with Crippen molar-refractivity contribution in [3.05, 3.63) is 12.2 Å². The van der Waals surface area contributed by atoms with E-state index in [1.165, 1.54) is 289 Å². The van der Waals surface area contributed by atoms with E-state index in [2.05, 4.69) is 19.2 Å². The van der Waals surface area contributed by atoms with Crippen LogP contribution < -0.4 is 5.32 Å². The van der Waals surface area contributed by atoms with Crippen molar-refractivity contribution in [2.75, 3.05) is 19.8 Å². The highest BCUT2D eigenvalue weighted by molar-refractivity contribution is 5.76. The normalized spacial score (nSPS) is 18.2. The van der Waals surface area contributed by atoms with E-state index in [0.29, 0.717) is 19.4 Å². The number of carbonyl (C=O) groups is 2. The van der Waals surface area contributed by atoms with Crippen LogP contribution in [-0.4, -0.2) is 100 Å². The Labute approximate surface area is 506 Å². The van der Waals surface area contributed by atoms with Gasteiger partial charge in [-0.2, -0.15) is 0 Å². The van der Waals surface area contributed by atoms with Gasteiger partial charge in [0.15, 0.2) is 6.29 Å². The lowest BCUT2D eigenvalue weighted by Gasteiger charge is -2.40. The van der Waals surface area contributed by atoms with Gasteiger partial charge in [-0.3, -0.25) is 9.59 Å². The molecule has 486 valence electrons. The van der Waals surface area contributed by atoms with E-state index >= 15 is 0 Å². The topological polar surface area (TPSA) is 175 Å². The summed E-state index contributed by atoms with van der Waals surface area (Å²) in [6.07, 6.45) is 65.1. The van der Waals surface area contributed by atoms with Crippen LogP contribution in [0.2, 0.25) is 0 Å². The third-order valence-corrected chi connectivity index (χ3v) is 17.4. The van der Waals surface area contributed by atoms with Crippen molar-refractivity contribution in [2.24, 2.45) is 0 Å². The quantitative estimate of drug-likeness (QED) is 0.0195. The minimum atomic E-state index is -1.57. The Balaban J connectivity index is 1.89. The van der Waals surface area contributed by atoms with Crippen molar-refractivity contribution in [3.8, 4) is 0 Å². The minimum Gasteiger partial charge on any atom is -0.466 e. The van der Waals surface area contributed by atoms with Crippen LogP contribution in [0.15, 0.2) is 12.2 Å². The number of nitrogens with one attached hydrogen (secondary N) is 1. The van der Waals surface area contributed by atoms with Gasteiger partial charge in [-0.1, -0.05) is 334 Å². The molecule has 1 heterocycles. The first kappa shape index (κ1) is 78.4. The first-order chi connectivity index (χ1) is 40.2. The SMILES string of the molecule is CCCCCCCCC/C=C/C(O)C(COC1OC(CO)C(O)C(O)C1O)NC(=O)CCCCCCCCCCCCCCCCCCCCCCCCCCCCCOC(=O)CCCCCCCCCCCCCCCCCCCC. The Hall–Kier alpha value is -1.60. The molecule has 0 aromatic heterocycles. The van der Waals surface area contributed by atoms with Gasteiger partial charge < -0.3 is 45.1 Å². The molecule has 11 heteroatoms. The van der Waals surface area contributed by atoms with Gasteiger partial charge in [-0.05, 0) is 32.1 Å². The van der Waals surface area contributed by atoms with Crippen LogP contribution in [0.5, 0.6) is 0 Å². The molecule has 82 heavy (non-hydrogen) atoms. The smallest absolute Gasteiger partial charge is 0.305 e. The number of hydrogen-bond donors (Lipinski definition) is 6. The summed E-state index contributed by atoms with van der Waals surface area (Å²) in [7, 11) is 0. The van der Waals surface area contributed by atoms with Crippen LogP contribution in [0.1, 0.15) is 367 Å². The zero-order chi connectivity index (χ0) is 59.5. The second-order valence-electron chi connectivity index (χ2n) is 25.3. The molecule has 1 rings (SSSR count). The molecule has 0 aliphatic carbocycles. The zero-order valence-electron chi connectivity index (χ0n) is 54.0. The van der Waals surface area contributed by atoms with Gasteiger partial charge in [0.2, 0.25) is 5.91 Å².